The molecule has 1 N–H and O–H groups in total. The second-order valence-corrected chi connectivity index (χ2v) is 5.96. The Bertz CT molecular complexity index is 569. The van der Waals surface area contributed by atoms with Crippen LogP contribution in [-0.2, 0) is 7.05 Å². The van der Waals surface area contributed by atoms with Crippen LogP contribution in [0, 0.1) is 12.8 Å². The first-order chi connectivity index (χ1) is 9.65. The average molecular weight is 269 g/mol. The Morgan fingerprint density at radius 3 is 2.50 bits per heavy atom. The minimum absolute atomic E-state index is 0.328. The van der Waals surface area contributed by atoms with E-state index in [4.69, 9.17) is 0 Å². The molecule has 1 fully saturated rings. The summed E-state index contributed by atoms with van der Waals surface area (Å²) in [5.74, 6) is 0.789. The molecule has 0 amide bonds. The third kappa shape index (κ3) is 2.78. The molecule has 1 aliphatic rings. The van der Waals surface area contributed by atoms with E-state index >= 15 is 0 Å². The number of rotatable bonds is 5. The highest BCUT2D eigenvalue weighted by Gasteiger charge is 2.33. The highest BCUT2D eigenvalue weighted by atomic mass is 15.3. The molecule has 1 aromatic heterocycles. The number of hydrogen-bond acceptors (Lipinski definition) is 2. The van der Waals surface area contributed by atoms with Gasteiger partial charge in [0.1, 0.15) is 0 Å². The second-order valence-electron chi connectivity index (χ2n) is 5.96. The third-order valence-corrected chi connectivity index (χ3v) is 4.20. The number of aryl methyl sites for hydroxylation is 2. The van der Waals surface area contributed by atoms with Crippen LogP contribution in [0.5, 0.6) is 0 Å². The largest absolute Gasteiger partial charge is 0.303 e. The van der Waals surface area contributed by atoms with Crippen LogP contribution in [0.25, 0.3) is 0 Å². The Kier molecular flexibility index (Phi) is 3.62. The smallest absolute Gasteiger partial charge is 0.0641 e. The molecule has 0 spiro atoms. The van der Waals surface area contributed by atoms with Crippen LogP contribution in [0.4, 0.5) is 0 Å². The molecule has 3 nitrogen and oxygen atoms in total. The normalized spacial score (nSPS) is 17.9. The van der Waals surface area contributed by atoms with Gasteiger partial charge in [0.2, 0.25) is 0 Å². The third-order valence-electron chi connectivity index (χ3n) is 4.20. The Morgan fingerprint density at radius 2 is 1.95 bits per heavy atom. The van der Waals surface area contributed by atoms with Crippen LogP contribution < -0.4 is 5.32 Å². The molecule has 0 radical (unpaired) electrons. The molecular formula is C17H23N3. The van der Waals surface area contributed by atoms with E-state index in [1.165, 1.54) is 24.0 Å². The number of hydrogen-bond donors (Lipinski definition) is 1. The minimum Gasteiger partial charge on any atom is -0.303 e. The van der Waals surface area contributed by atoms with Crippen molar-refractivity contribution in [2.24, 2.45) is 13.0 Å². The Labute approximate surface area is 121 Å². The van der Waals surface area contributed by atoms with E-state index in [0.29, 0.717) is 12.1 Å². The van der Waals surface area contributed by atoms with Gasteiger partial charge in [-0.15, -0.1) is 0 Å². The van der Waals surface area contributed by atoms with E-state index in [-0.39, 0.29) is 0 Å². The number of nitrogens with zero attached hydrogens (tertiary/aromatic N) is 2. The van der Waals surface area contributed by atoms with Gasteiger partial charge < -0.3 is 5.32 Å². The molecule has 106 valence electrons. The van der Waals surface area contributed by atoms with Gasteiger partial charge in [-0.3, -0.25) is 4.68 Å². The summed E-state index contributed by atoms with van der Waals surface area (Å²) in [6, 6.07) is 11.6. The standard InChI is InChI=1S/C17H23N3/c1-12(16-11-20(3)19-13(16)2)18-17(15-9-10-15)14-7-5-4-6-8-14/h4-8,11-12,15,17-18H,9-10H2,1-3H3. The quantitative estimate of drug-likeness (QED) is 0.900. The van der Waals surface area contributed by atoms with Crippen molar-refractivity contribution in [3.8, 4) is 0 Å². The number of nitrogens with one attached hydrogen (secondary N) is 1. The summed E-state index contributed by atoms with van der Waals surface area (Å²) < 4.78 is 1.90. The zero-order valence-electron chi connectivity index (χ0n) is 12.5. The van der Waals surface area contributed by atoms with Gasteiger partial charge in [0.15, 0.2) is 0 Å². The van der Waals surface area contributed by atoms with Crippen LogP contribution in [0.15, 0.2) is 36.5 Å². The fourth-order valence-electron chi connectivity index (χ4n) is 3.00. The summed E-state index contributed by atoms with van der Waals surface area (Å²) >= 11 is 0. The maximum absolute atomic E-state index is 4.45. The lowest BCUT2D eigenvalue weighted by atomic mass is 10.00. The topological polar surface area (TPSA) is 29.9 Å². The fourth-order valence-corrected chi connectivity index (χ4v) is 3.00. The molecule has 2 aromatic rings. The molecule has 1 aliphatic carbocycles. The Balaban J connectivity index is 1.79. The van der Waals surface area contributed by atoms with Crippen molar-refractivity contribution in [1.29, 1.82) is 0 Å². The van der Waals surface area contributed by atoms with Gasteiger partial charge in [0.25, 0.3) is 0 Å². The predicted octanol–water partition coefficient (Wildman–Crippen LogP) is 3.53. The van der Waals surface area contributed by atoms with Crippen LogP contribution in [0.1, 0.15) is 48.7 Å². The van der Waals surface area contributed by atoms with Crippen molar-refractivity contribution in [2.45, 2.75) is 38.8 Å². The number of aromatic nitrogens is 2. The van der Waals surface area contributed by atoms with Gasteiger partial charge in [-0.25, -0.2) is 0 Å². The zero-order chi connectivity index (χ0) is 14.1. The molecule has 3 rings (SSSR count). The maximum Gasteiger partial charge on any atom is 0.0641 e. The minimum atomic E-state index is 0.328. The fraction of sp³-hybridized carbons (Fsp3) is 0.471. The van der Waals surface area contributed by atoms with Crippen molar-refractivity contribution in [3.05, 3.63) is 53.3 Å². The van der Waals surface area contributed by atoms with E-state index in [2.05, 4.69) is 60.8 Å². The van der Waals surface area contributed by atoms with E-state index in [0.717, 1.165) is 11.6 Å². The molecule has 0 saturated heterocycles. The van der Waals surface area contributed by atoms with E-state index in [9.17, 15) is 0 Å². The van der Waals surface area contributed by atoms with Gasteiger partial charge in [0, 0.05) is 30.9 Å². The summed E-state index contributed by atoms with van der Waals surface area (Å²) in [6.07, 6.45) is 4.80. The maximum atomic E-state index is 4.45. The van der Waals surface area contributed by atoms with Crippen molar-refractivity contribution in [3.63, 3.8) is 0 Å². The number of benzene rings is 1. The lowest BCUT2D eigenvalue weighted by Crippen LogP contribution is -2.26. The first-order valence-electron chi connectivity index (χ1n) is 7.46. The highest BCUT2D eigenvalue weighted by Crippen LogP contribution is 2.42. The zero-order valence-corrected chi connectivity index (χ0v) is 12.5. The SMILES string of the molecule is Cc1nn(C)cc1C(C)NC(c1ccccc1)C1CC1. The molecule has 20 heavy (non-hydrogen) atoms. The molecule has 2 unspecified atom stereocenters. The monoisotopic (exact) mass is 269 g/mol. The average Bonchev–Trinajstić information content (AvgIpc) is 3.22. The summed E-state index contributed by atoms with van der Waals surface area (Å²) in [5, 5.41) is 8.26. The van der Waals surface area contributed by atoms with Crippen molar-refractivity contribution >= 4 is 0 Å². The van der Waals surface area contributed by atoms with E-state index < -0.39 is 0 Å². The predicted molar refractivity (Wildman–Crippen MR) is 81.4 cm³/mol. The van der Waals surface area contributed by atoms with Gasteiger partial charge >= 0.3 is 0 Å². The van der Waals surface area contributed by atoms with Crippen molar-refractivity contribution < 1.29 is 0 Å². The molecular weight excluding hydrogens is 246 g/mol. The van der Waals surface area contributed by atoms with Gasteiger partial charge in [-0.1, -0.05) is 30.3 Å². The van der Waals surface area contributed by atoms with Crippen LogP contribution in [0.2, 0.25) is 0 Å². The molecule has 0 aliphatic heterocycles. The van der Waals surface area contributed by atoms with Crippen LogP contribution in [-0.4, -0.2) is 9.78 Å². The summed E-state index contributed by atoms with van der Waals surface area (Å²) in [4.78, 5) is 0. The summed E-state index contributed by atoms with van der Waals surface area (Å²) in [6.45, 7) is 4.32. The molecule has 1 saturated carbocycles. The first-order valence-corrected chi connectivity index (χ1v) is 7.46. The Morgan fingerprint density at radius 1 is 1.25 bits per heavy atom. The molecule has 2 atom stereocenters. The Hall–Kier alpha value is -1.61. The molecule has 1 aromatic carbocycles. The van der Waals surface area contributed by atoms with Gasteiger partial charge in [0.05, 0.1) is 5.69 Å². The first kappa shape index (κ1) is 13.4. The van der Waals surface area contributed by atoms with Crippen molar-refractivity contribution in [1.82, 2.24) is 15.1 Å². The highest BCUT2D eigenvalue weighted by molar-refractivity contribution is 5.24. The second kappa shape index (κ2) is 5.41. The molecule has 3 heteroatoms. The van der Waals surface area contributed by atoms with Gasteiger partial charge in [-0.05, 0) is 38.2 Å². The van der Waals surface area contributed by atoms with E-state index in [1.807, 2.05) is 11.7 Å². The van der Waals surface area contributed by atoms with Crippen LogP contribution in [0.3, 0.4) is 0 Å². The van der Waals surface area contributed by atoms with E-state index in [1.54, 1.807) is 0 Å². The molecule has 1 heterocycles. The van der Waals surface area contributed by atoms with Crippen molar-refractivity contribution in [2.75, 3.05) is 0 Å². The lowest BCUT2D eigenvalue weighted by molar-refractivity contribution is 0.426. The van der Waals surface area contributed by atoms with Crippen LogP contribution >= 0.6 is 0 Å². The summed E-state index contributed by atoms with van der Waals surface area (Å²) in [7, 11) is 1.98. The lowest BCUT2D eigenvalue weighted by Gasteiger charge is -2.23. The molecule has 0 bridgehead atoms. The van der Waals surface area contributed by atoms with Gasteiger partial charge in [-0.2, -0.15) is 5.10 Å². The summed E-state index contributed by atoms with van der Waals surface area (Å²) in [5.41, 5.74) is 3.83.